The maximum Gasteiger partial charge on any atom is 0.264 e. The molecule has 45 heavy (non-hydrogen) atoms. The number of halogens is 1. The van der Waals surface area contributed by atoms with Crippen LogP contribution in [0.5, 0.6) is 5.75 Å². The Balaban J connectivity index is 1.79. The highest BCUT2D eigenvalue weighted by atomic mass is 35.5. The van der Waals surface area contributed by atoms with E-state index < -0.39 is 28.5 Å². The van der Waals surface area contributed by atoms with Crippen molar-refractivity contribution in [2.75, 3.05) is 18.0 Å². The third-order valence-electron chi connectivity index (χ3n) is 7.54. The van der Waals surface area contributed by atoms with Crippen molar-refractivity contribution in [3.05, 3.63) is 125 Å². The lowest BCUT2D eigenvalue weighted by atomic mass is 10.0. The molecular formula is C35H38ClN3O5S. The number of amides is 2. The molecule has 10 heteroatoms. The summed E-state index contributed by atoms with van der Waals surface area (Å²) in [5.41, 5.74) is 1.79. The van der Waals surface area contributed by atoms with Gasteiger partial charge in [-0.05, 0) is 66.9 Å². The molecule has 4 rings (SSSR count). The summed E-state index contributed by atoms with van der Waals surface area (Å²) in [6.07, 6.45) is 0.917. The van der Waals surface area contributed by atoms with Crippen molar-refractivity contribution in [1.82, 2.24) is 10.2 Å². The van der Waals surface area contributed by atoms with E-state index in [1.165, 1.54) is 24.1 Å². The average molecular weight is 648 g/mol. The molecule has 0 spiro atoms. The predicted molar refractivity (Wildman–Crippen MR) is 178 cm³/mol. The third kappa shape index (κ3) is 8.65. The molecule has 0 fully saturated rings. The van der Waals surface area contributed by atoms with Gasteiger partial charge in [-0.3, -0.25) is 13.9 Å². The second-order valence-corrected chi connectivity index (χ2v) is 12.9. The smallest absolute Gasteiger partial charge is 0.264 e. The molecule has 0 unspecified atom stereocenters. The monoisotopic (exact) mass is 647 g/mol. The SMILES string of the molecule is CC[C@H](C)NC(=O)[C@@H](Cc1ccccc1)N(Cc1ccccc1Cl)C(=O)CN(c1ccccc1)S(=O)(=O)c1ccc(OC)cc1. The van der Waals surface area contributed by atoms with Crippen molar-refractivity contribution in [2.24, 2.45) is 0 Å². The molecule has 0 heterocycles. The van der Waals surface area contributed by atoms with E-state index in [0.717, 1.165) is 9.87 Å². The van der Waals surface area contributed by atoms with E-state index in [-0.39, 0.29) is 29.8 Å². The van der Waals surface area contributed by atoms with Crippen molar-refractivity contribution in [3.8, 4) is 5.75 Å². The number of carbonyl (C=O) groups is 2. The molecule has 0 aromatic heterocycles. The molecular weight excluding hydrogens is 610 g/mol. The zero-order valence-corrected chi connectivity index (χ0v) is 27.2. The molecule has 2 amide bonds. The van der Waals surface area contributed by atoms with Gasteiger partial charge in [0.1, 0.15) is 18.3 Å². The molecule has 4 aromatic carbocycles. The zero-order valence-electron chi connectivity index (χ0n) is 25.6. The maximum absolute atomic E-state index is 14.5. The Morgan fingerprint density at radius 3 is 2.07 bits per heavy atom. The Bertz CT molecular complexity index is 1670. The number of carbonyl (C=O) groups excluding carboxylic acids is 2. The number of para-hydroxylation sites is 1. The van der Waals surface area contributed by atoms with E-state index in [9.17, 15) is 18.0 Å². The van der Waals surface area contributed by atoms with Gasteiger partial charge in [0.25, 0.3) is 10.0 Å². The fourth-order valence-corrected chi connectivity index (χ4v) is 6.41. The van der Waals surface area contributed by atoms with E-state index in [2.05, 4.69) is 5.32 Å². The van der Waals surface area contributed by atoms with Gasteiger partial charge in [-0.2, -0.15) is 0 Å². The van der Waals surface area contributed by atoms with Crippen LogP contribution in [0.4, 0.5) is 5.69 Å². The van der Waals surface area contributed by atoms with E-state index in [1.807, 2.05) is 44.2 Å². The van der Waals surface area contributed by atoms with Gasteiger partial charge in [0.2, 0.25) is 11.8 Å². The summed E-state index contributed by atoms with van der Waals surface area (Å²) in [6, 6.07) is 29.8. The van der Waals surface area contributed by atoms with Gasteiger partial charge < -0.3 is 15.0 Å². The first-order valence-electron chi connectivity index (χ1n) is 14.7. The average Bonchev–Trinajstić information content (AvgIpc) is 3.06. The number of sulfonamides is 1. The van der Waals surface area contributed by atoms with Crippen LogP contribution in [-0.2, 0) is 32.6 Å². The molecule has 0 radical (unpaired) electrons. The first-order valence-corrected chi connectivity index (χ1v) is 16.5. The number of hydrogen-bond acceptors (Lipinski definition) is 5. The zero-order chi connectivity index (χ0) is 32.4. The normalized spacial score (nSPS) is 12.5. The summed E-state index contributed by atoms with van der Waals surface area (Å²) < 4.78 is 34.5. The Morgan fingerprint density at radius 2 is 1.47 bits per heavy atom. The van der Waals surface area contributed by atoms with Gasteiger partial charge in [0.05, 0.1) is 17.7 Å². The molecule has 2 atom stereocenters. The van der Waals surface area contributed by atoms with Gasteiger partial charge >= 0.3 is 0 Å². The summed E-state index contributed by atoms with van der Waals surface area (Å²) in [5, 5.41) is 3.46. The molecule has 0 saturated heterocycles. The van der Waals surface area contributed by atoms with E-state index in [4.69, 9.17) is 16.3 Å². The quantitative estimate of drug-likeness (QED) is 0.179. The number of nitrogens with zero attached hydrogens (tertiary/aromatic N) is 2. The van der Waals surface area contributed by atoms with Crippen molar-refractivity contribution in [2.45, 2.75) is 50.2 Å². The lowest BCUT2D eigenvalue weighted by Gasteiger charge is -2.34. The van der Waals surface area contributed by atoms with Gasteiger partial charge in [0, 0.05) is 24.0 Å². The lowest BCUT2D eigenvalue weighted by Crippen LogP contribution is -2.54. The minimum Gasteiger partial charge on any atom is -0.497 e. The standard InChI is InChI=1S/C35H38ClN3O5S/c1-4-26(2)37-35(41)33(23-27-13-7-5-8-14-27)38(24-28-15-11-12-18-32(28)36)34(40)25-39(29-16-9-6-10-17-29)45(42,43)31-21-19-30(44-3)20-22-31/h5-22,26,33H,4,23-25H2,1-3H3,(H,37,41)/t26-,33+/m0/s1. The van der Waals surface area contributed by atoms with Gasteiger partial charge in [-0.15, -0.1) is 0 Å². The van der Waals surface area contributed by atoms with Crippen molar-refractivity contribution < 1.29 is 22.7 Å². The number of nitrogens with one attached hydrogen (secondary N) is 1. The van der Waals surface area contributed by atoms with Crippen LogP contribution in [0.2, 0.25) is 5.02 Å². The summed E-state index contributed by atoms with van der Waals surface area (Å²) in [6.45, 7) is 3.31. The lowest BCUT2D eigenvalue weighted by molar-refractivity contribution is -0.140. The highest BCUT2D eigenvalue weighted by Crippen LogP contribution is 2.27. The van der Waals surface area contributed by atoms with Crippen LogP contribution < -0.4 is 14.4 Å². The fourth-order valence-electron chi connectivity index (χ4n) is 4.80. The summed E-state index contributed by atoms with van der Waals surface area (Å²) in [4.78, 5) is 29.8. The topological polar surface area (TPSA) is 96.0 Å². The molecule has 1 N–H and O–H groups in total. The molecule has 0 aliphatic carbocycles. The highest BCUT2D eigenvalue weighted by molar-refractivity contribution is 7.92. The Hall–Kier alpha value is -4.34. The van der Waals surface area contributed by atoms with Crippen LogP contribution in [0.3, 0.4) is 0 Å². The van der Waals surface area contributed by atoms with Crippen LogP contribution in [0, 0.1) is 0 Å². The number of benzene rings is 4. The summed E-state index contributed by atoms with van der Waals surface area (Å²) >= 11 is 6.55. The largest absolute Gasteiger partial charge is 0.497 e. The summed E-state index contributed by atoms with van der Waals surface area (Å²) in [5.74, 6) is -0.396. The maximum atomic E-state index is 14.5. The Kier molecular flexibility index (Phi) is 11.6. The Morgan fingerprint density at radius 1 is 0.867 bits per heavy atom. The number of methoxy groups -OCH3 is 1. The molecule has 4 aromatic rings. The van der Waals surface area contributed by atoms with E-state index >= 15 is 0 Å². The summed E-state index contributed by atoms with van der Waals surface area (Å²) in [7, 11) is -2.72. The predicted octanol–water partition coefficient (Wildman–Crippen LogP) is 6.10. The van der Waals surface area contributed by atoms with Crippen LogP contribution in [0.25, 0.3) is 0 Å². The third-order valence-corrected chi connectivity index (χ3v) is 9.70. The van der Waals surface area contributed by atoms with E-state index in [1.54, 1.807) is 66.7 Å². The first-order chi connectivity index (χ1) is 21.6. The second-order valence-electron chi connectivity index (χ2n) is 10.7. The van der Waals surface area contributed by atoms with Crippen LogP contribution in [-0.4, -0.2) is 50.9 Å². The number of ether oxygens (including phenoxy) is 1. The molecule has 0 saturated carbocycles. The molecule has 0 bridgehead atoms. The van der Waals surface area contributed by atoms with Gasteiger partial charge in [-0.25, -0.2) is 8.42 Å². The van der Waals surface area contributed by atoms with Crippen LogP contribution >= 0.6 is 11.6 Å². The molecule has 236 valence electrons. The van der Waals surface area contributed by atoms with Gasteiger partial charge in [-0.1, -0.05) is 85.3 Å². The first kappa shape index (κ1) is 33.6. The molecule has 8 nitrogen and oxygen atoms in total. The van der Waals surface area contributed by atoms with Crippen molar-refractivity contribution >= 4 is 39.1 Å². The fraction of sp³-hybridized carbons (Fsp3) is 0.257. The van der Waals surface area contributed by atoms with Gasteiger partial charge in [0.15, 0.2) is 0 Å². The number of hydrogen-bond donors (Lipinski definition) is 1. The van der Waals surface area contributed by atoms with Crippen LogP contribution in [0.15, 0.2) is 114 Å². The highest BCUT2D eigenvalue weighted by Gasteiger charge is 2.35. The van der Waals surface area contributed by atoms with Crippen molar-refractivity contribution in [1.29, 1.82) is 0 Å². The number of rotatable bonds is 14. The minimum absolute atomic E-state index is 0.00482. The second kappa shape index (κ2) is 15.6. The molecule has 0 aliphatic heterocycles. The van der Waals surface area contributed by atoms with Crippen LogP contribution in [0.1, 0.15) is 31.4 Å². The van der Waals surface area contributed by atoms with E-state index in [0.29, 0.717) is 28.4 Å². The Labute approximate surface area is 270 Å². The number of anilines is 1. The molecule has 0 aliphatic rings. The minimum atomic E-state index is -4.21. The van der Waals surface area contributed by atoms with Crippen molar-refractivity contribution in [3.63, 3.8) is 0 Å².